The van der Waals surface area contributed by atoms with Gasteiger partial charge in [0.05, 0.1) is 6.54 Å². The summed E-state index contributed by atoms with van der Waals surface area (Å²) < 4.78 is 14.9. The van der Waals surface area contributed by atoms with Gasteiger partial charge in [-0.3, -0.25) is 24.6 Å². The van der Waals surface area contributed by atoms with Gasteiger partial charge in [0.1, 0.15) is 0 Å². The number of nitrogens with one attached hydrogen (secondary N) is 1. The van der Waals surface area contributed by atoms with Crippen LogP contribution < -0.4 is 5.32 Å². The molecule has 20 heavy (non-hydrogen) atoms. The smallest absolute Gasteiger partial charge is 0.285 e. The number of fused-ring (bicyclic) bond motifs is 1. The van der Waals surface area contributed by atoms with Crippen molar-refractivity contribution in [2.75, 3.05) is 0 Å². The van der Waals surface area contributed by atoms with E-state index in [2.05, 4.69) is 0 Å². The summed E-state index contributed by atoms with van der Waals surface area (Å²) in [6, 6.07) is 5.19. The largest absolute Gasteiger partial charge is 0.294 e. The zero-order valence-corrected chi connectivity index (χ0v) is 10.9. The highest BCUT2D eigenvalue weighted by Gasteiger charge is 2.52. The fourth-order valence-electron chi connectivity index (χ4n) is 2.71. The summed E-state index contributed by atoms with van der Waals surface area (Å²) >= 11 is 0. The molecule has 5 nitrogen and oxygen atoms in total. The van der Waals surface area contributed by atoms with Crippen LogP contribution in [0.2, 0.25) is 0 Å². The summed E-state index contributed by atoms with van der Waals surface area (Å²) in [6.45, 7) is 1.89. The minimum absolute atomic E-state index is 0.0545. The first-order valence-corrected chi connectivity index (χ1v) is 6.37. The number of benzene rings is 1. The number of halogens is 1. The SMILES string of the molecule is Cc1cccc2c1CN(C1(F)CCC(=O)NC1=O)C2=O. The van der Waals surface area contributed by atoms with Gasteiger partial charge in [-0.05, 0) is 24.1 Å². The van der Waals surface area contributed by atoms with E-state index in [4.69, 9.17) is 0 Å². The highest BCUT2D eigenvalue weighted by molar-refractivity contribution is 6.06. The van der Waals surface area contributed by atoms with Gasteiger partial charge >= 0.3 is 0 Å². The Morgan fingerprint density at radius 2 is 2.05 bits per heavy atom. The molecule has 0 aliphatic carbocycles. The average molecular weight is 276 g/mol. The Morgan fingerprint density at radius 3 is 2.70 bits per heavy atom. The van der Waals surface area contributed by atoms with Crippen molar-refractivity contribution in [1.29, 1.82) is 0 Å². The highest BCUT2D eigenvalue weighted by Crippen LogP contribution is 2.36. The summed E-state index contributed by atoms with van der Waals surface area (Å²) in [4.78, 5) is 36.1. The summed E-state index contributed by atoms with van der Waals surface area (Å²) in [5.41, 5.74) is 2.04. The number of hydrogen-bond donors (Lipinski definition) is 1. The number of alkyl halides is 1. The van der Waals surface area contributed by atoms with Crippen molar-refractivity contribution < 1.29 is 18.8 Å². The Hall–Kier alpha value is -2.24. The van der Waals surface area contributed by atoms with Crippen molar-refractivity contribution in [3.8, 4) is 0 Å². The van der Waals surface area contributed by atoms with Crippen molar-refractivity contribution in [3.05, 3.63) is 34.9 Å². The van der Waals surface area contributed by atoms with Crippen LogP contribution in [-0.2, 0) is 16.1 Å². The second-order valence-electron chi connectivity index (χ2n) is 5.13. The second-order valence-corrected chi connectivity index (χ2v) is 5.13. The fraction of sp³-hybridized carbons (Fsp3) is 0.357. The molecule has 2 aliphatic heterocycles. The fourth-order valence-corrected chi connectivity index (χ4v) is 2.71. The van der Waals surface area contributed by atoms with Crippen LogP contribution in [0.4, 0.5) is 4.39 Å². The predicted octanol–water partition coefficient (Wildman–Crippen LogP) is 1.05. The van der Waals surface area contributed by atoms with Crippen LogP contribution in [-0.4, -0.2) is 28.4 Å². The number of amides is 3. The monoisotopic (exact) mass is 276 g/mol. The average Bonchev–Trinajstić information content (AvgIpc) is 2.75. The summed E-state index contributed by atoms with van der Waals surface area (Å²) in [5.74, 6) is -4.51. The molecule has 1 aromatic rings. The van der Waals surface area contributed by atoms with E-state index in [0.29, 0.717) is 5.56 Å². The molecule has 3 amide bonds. The molecule has 1 unspecified atom stereocenters. The molecule has 1 saturated heterocycles. The number of carbonyl (C=O) groups is 3. The molecular formula is C14H13FN2O3. The van der Waals surface area contributed by atoms with Crippen molar-refractivity contribution in [1.82, 2.24) is 10.2 Å². The lowest BCUT2D eigenvalue weighted by molar-refractivity contribution is -0.154. The Balaban J connectivity index is 1.98. The number of hydrogen-bond acceptors (Lipinski definition) is 3. The number of rotatable bonds is 1. The molecule has 0 bridgehead atoms. The van der Waals surface area contributed by atoms with Crippen molar-refractivity contribution in [3.63, 3.8) is 0 Å². The van der Waals surface area contributed by atoms with E-state index in [1.54, 1.807) is 12.1 Å². The Bertz CT molecular complexity index is 643. The van der Waals surface area contributed by atoms with Crippen LogP contribution in [0.15, 0.2) is 18.2 Å². The maximum atomic E-state index is 14.9. The normalized spacial score (nSPS) is 25.7. The molecule has 2 heterocycles. The first kappa shape index (κ1) is 12.8. The summed E-state index contributed by atoms with van der Waals surface area (Å²) in [5, 5.41) is 1.96. The van der Waals surface area contributed by atoms with Crippen LogP contribution in [0.5, 0.6) is 0 Å². The van der Waals surface area contributed by atoms with Crippen LogP contribution in [0.1, 0.15) is 34.3 Å². The molecule has 1 fully saturated rings. The van der Waals surface area contributed by atoms with Gasteiger partial charge in [0.25, 0.3) is 17.6 Å². The summed E-state index contributed by atoms with van der Waals surface area (Å²) in [7, 11) is 0. The zero-order chi connectivity index (χ0) is 14.5. The van der Waals surface area contributed by atoms with Crippen LogP contribution in [0.3, 0.4) is 0 Å². The van der Waals surface area contributed by atoms with Gasteiger partial charge in [0, 0.05) is 18.4 Å². The van der Waals surface area contributed by atoms with Gasteiger partial charge < -0.3 is 0 Å². The minimum atomic E-state index is -2.45. The maximum Gasteiger partial charge on any atom is 0.285 e. The van der Waals surface area contributed by atoms with E-state index in [1.807, 2.05) is 18.3 Å². The number of piperidine rings is 1. The van der Waals surface area contributed by atoms with Gasteiger partial charge in [-0.1, -0.05) is 12.1 Å². The summed E-state index contributed by atoms with van der Waals surface area (Å²) in [6.07, 6.45) is -0.405. The highest BCUT2D eigenvalue weighted by atomic mass is 19.1. The van der Waals surface area contributed by atoms with Crippen LogP contribution in [0.25, 0.3) is 0 Å². The van der Waals surface area contributed by atoms with E-state index in [0.717, 1.165) is 16.0 Å². The standard InChI is InChI=1S/C14H13FN2O3/c1-8-3-2-4-9-10(8)7-17(12(9)19)14(15)6-5-11(18)16-13(14)20/h2-4H,5-7H2,1H3,(H,16,18,20). The van der Waals surface area contributed by atoms with Gasteiger partial charge in [-0.15, -0.1) is 0 Å². The molecule has 0 spiro atoms. The molecule has 6 heteroatoms. The number of carbonyl (C=O) groups excluding carboxylic acids is 3. The predicted molar refractivity (Wildman–Crippen MR) is 67.3 cm³/mol. The second kappa shape index (κ2) is 4.13. The Morgan fingerprint density at radius 1 is 1.30 bits per heavy atom. The van der Waals surface area contributed by atoms with E-state index in [1.165, 1.54) is 0 Å². The topological polar surface area (TPSA) is 66.5 Å². The maximum absolute atomic E-state index is 14.9. The minimum Gasteiger partial charge on any atom is -0.294 e. The van der Waals surface area contributed by atoms with Crippen molar-refractivity contribution in [2.45, 2.75) is 32.1 Å². The molecule has 1 N–H and O–H groups in total. The van der Waals surface area contributed by atoms with Gasteiger partial charge in [-0.25, -0.2) is 4.39 Å². The molecule has 3 rings (SSSR count). The first-order chi connectivity index (χ1) is 9.43. The van der Waals surface area contributed by atoms with Crippen molar-refractivity contribution >= 4 is 17.7 Å². The molecule has 2 aliphatic rings. The van der Waals surface area contributed by atoms with Gasteiger partial charge in [0.2, 0.25) is 5.91 Å². The van der Waals surface area contributed by atoms with E-state index in [9.17, 15) is 18.8 Å². The number of imide groups is 1. The van der Waals surface area contributed by atoms with Crippen LogP contribution >= 0.6 is 0 Å². The zero-order valence-electron chi connectivity index (χ0n) is 10.9. The third kappa shape index (κ3) is 1.64. The quantitative estimate of drug-likeness (QED) is 0.616. The molecule has 0 aromatic heterocycles. The molecule has 1 aromatic carbocycles. The molecule has 104 valence electrons. The Kier molecular flexibility index (Phi) is 2.64. The lowest BCUT2D eigenvalue weighted by Gasteiger charge is -2.35. The van der Waals surface area contributed by atoms with Gasteiger partial charge in [-0.2, -0.15) is 0 Å². The van der Waals surface area contributed by atoms with E-state index in [-0.39, 0.29) is 19.4 Å². The Labute approximate surface area is 114 Å². The lowest BCUT2D eigenvalue weighted by Crippen LogP contribution is -2.60. The lowest BCUT2D eigenvalue weighted by atomic mass is 10.0. The third-order valence-electron chi connectivity index (χ3n) is 3.91. The molecule has 0 radical (unpaired) electrons. The van der Waals surface area contributed by atoms with Crippen LogP contribution in [0, 0.1) is 6.92 Å². The first-order valence-electron chi connectivity index (χ1n) is 6.37. The molecule has 1 atom stereocenters. The third-order valence-corrected chi connectivity index (χ3v) is 3.91. The number of aryl methyl sites for hydroxylation is 1. The van der Waals surface area contributed by atoms with E-state index < -0.39 is 23.5 Å². The number of nitrogens with zero attached hydrogens (tertiary/aromatic N) is 1. The molecular weight excluding hydrogens is 263 g/mol. The molecule has 0 saturated carbocycles. The van der Waals surface area contributed by atoms with E-state index >= 15 is 0 Å². The van der Waals surface area contributed by atoms with Crippen molar-refractivity contribution in [2.24, 2.45) is 0 Å². The van der Waals surface area contributed by atoms with Gasteiger partial charge in [0.15, 0.2) is 0 Å².